The smallest absolute Gasteiger partial charge is 0.422 e. The summed E-state index contributed by atoms with van der Waals surface area (Å²) in [4.78, 5) is 11.8. The van der Waals surface area contributed by atoms with Crippen molar-refractivity contribution in [1.29, 1.82) is 0 Å². The molecule has 0 spiro atoms. The number of halogens is 3. The van der Waals surface area contributed by atoms with Crippen LogP contribution in [0.4, 0.5) is 13.2 Å². The van der Waals surface area contributed by atoms with Gasteiger partial charge in [0.1, 0.15) is 11.5 Å². The first-order chi connectivity index (χ1) is 11.3. The minimum atomic E-state index is -4.37. The number of phenols is 1. The Morgan fingerprint density at radius 1 is 1.00 bits per heavy atom. The SMILES string of the molecule is O=C(Cc1ccc(O)cc1)NCc1ccc(OCC(F)(F)F)cc1. The monoisotopic (exact) mass is 339 g/mol. The molecule has 2 aromatic carbocycles. The molecule has 4 nitrogen and oxygen atoms in total. The normalized spacial score (nSPS) is 11.1. The number of carbonyl (C=O) groups is 1. The lowest BCUT2D eigenvalue weighted by molar-refractivity contribution is -0.153. The summed E-state index contributed by atoms with van der Waals surface area (Å²) in [6.45, 7) is -1.08. The molecule has 0 aromatic heterocycles. The van der Waals surface area contributed by atoms with Gasteiger partial charge in [0.15, 0.2) is 6.61 Å². The maximum Gasteiger partial charge on any atom is 0.422 e. The third-order valence-corrected chi connectivity index (χ3v) is 3.12. The van der Waals surface area contributed by atoms with E-state index in [4.69, 9.17) is 0 Å². The summed E-state index contributed by atoms with van der Waals surface area (Å²) in [5.74, 6) is 0.0524. The Kier molecular flexibility index (Phi) is 5.68. The van der Waals surface area contributed by atoms with Crippen molar-refractivity contribution in [3.63, 3.8) is 0 Å². The maximum absolute atomic E-state index is 12.0. The van der Waals surface area contributed by atoms with E-state index < -0.39 is 12.8 Å². The maximum atomic E-state index is 12.0. The number of amides is 1. The summed E-state index contributed by atoms with van der Waals surface area (Å²) in [5.41, 5.74) is 1.51. The Hall–Kier alpha value is -2.70. The molecule has 128 valence electrons. The highest BCUT2D eigenvalue weighted by molar-refractivity contribution is 5.78. The summed E-state index contributed by atoms with van der Waals surface area (Å²) >= 11 is 0. The van der Waals surface area contributed by atoms with Crippen LogP contribution >= 0.6 is 0 Å². The van der Waals surface area contributed by atoms with E-state index in [1.54, 1.807) is 24.3 Å². The van der Waals surface area contributed by atoms with Gasteiger partial charge in [-0.1, -0.05) is 24.3 Å². The molecule has 0 aliphatic carbocycles. The first-order valence-corrected chi connectivity index (χ1v) is 7.15. The second kappa shape index (κ2) is 7.72. The highest BCUT2D eigenvalue weighted by atomic mass is 19.4. The van der Waals surface area contributed by atoms with Crippen molar-refractivity contribution in [2.45, 2.75) is 19.1 Å². The Morgan fingerprint density at radius 3 is 2.17 bits per heavy atom. The number of hydrogen-bond donors (Lipinski definition) is 2. The highest BCUT2D eigenvalue weighted by Crippen LogP contribution is 2.18. The third-order valence-electron chi connectivity index (χ3n) is 3.12. The van der Waals surface area contributed by atoms with Gasteiger partial charge < -0.3 is 15.2 Å². The Morgan fingerprint density at radius 2 is 1.58 bits per heavy atom. The highest BCUT2D eigenvalue weighted by Gasteiger charge is 2.28. The molecule has 0 aliphatic heterocycles. The molecule has 0 saturated carbocycles. The fourth-order valence-corrected chi connectivity index (χ4v) is 1.93. The van der Waals surface area contributed by atoms with E-state index >= 15 is 0 Å². The molecule has 0 atom stereocenters. The zero-order valence-electron chi connectivity index (χ0n) is 12.6. The number of carbonyl (C=O) groups excluding carboxylic acids is 1. The van der Waals surface area contributed by atoms with E-state index in [0.29, 0.717) is 0 Å². The van der Waals surface area contributed by atoms with E-state index in [0.717, 1.165) is 11.1 Å². The first-order valence-electron chi connectivity index (χ1n) is 7.15. The van der Waals surface area contributed by atoms with Gasteiger partial charge >= 0.3 is 6.18 Å². The van der Waals surface area contributed by atoms with Crippen LogP contribution in [0.25, 0.3) is 0 Å². The van der Waals surface area contributed by atoms with Crippen molar-refractivity contribution in [2.24, 2.45) is 0 Å². The molecular weight excluding hydrogens is 323 g/mol. The fraction of sp³-hybridized carbons (Fsp3) is 0.235. The summed E-state index contributed by atoms with van der Waals surface area (Å²) in [6.07, 6.45) is -4.20. The van der Waals surface area contributed by atoms with Gasteiger partial charge in [0, 0.05) is 6.54 Å². The van der Waals surface area contributed by atoms with Gasteiger partial charge in [0.05, 0.1) is 6.42 Å². The Labute approximate surface area is 136 Å². The minimum Gasteiger partial charge on any atom is -0.508 e. The number of nitrogens with one attached hydrogen (secondary N) is 1. The number of rotatable bonds is 6. The largest absolute Gasteiger partial charge is 0.508 e. The molecule has 0 fully saturated rings. The van der Waals surface area contributed by atoms with Gasteiger partial charge in [0.25, 0.3) is 0 Å². The molecule has 0 saturated heterocycles. The summed E-state index contributed by atoms with van der Waals surface area (Å²) in [6, 6.07) is 12.3. The Bertz CT molecular complexity index is 667. The van der Waals surface area contributed by atoms with Crippen molar-refractivity contribution in [3.8, 4) is 11.5 Å². The van der Waals surface area contributed by atoms with Crippen LogP contribution in [0.15, 0.2) is 48.5 Å². The van der Waals surface area contributed by atoms with Gasteiger partial charge in [-0.3, -0.25) is 4.79 Å². The molecule has 1 amide bonds. The molecule has 0 bridgehead atoms. The fourth-order valence-electron chi connectivity index (χ4n) is 1.93. The zero-order chi connectivity index (χ0) is 17.6. The quantitative estimate of drug-likeness (QED) is 0.850. The molecule has 2 N–H and O–H groups in total. The molecule has 0 heterocycles. The number of ether oxygens (including phenoxy) is 1. The van der Waals surface area contributed by atoms with Crippen molar-refractivity contribution in [1.82, 2.24) is 5.32 Å². The number of phenolic OH excluding ortho intramolecular Hbond substituents is 1. The van der Waals surface area contributed by atoms with Crippen LogP contribution in [0.1, 0.15) is 11.1 Å². The van der Waals surface area contributed by atoms with Crippen molar-refractivity contribution < 1.29 is 27.8 Å². The molecular formula is C17H16F3NO3. The lowest BCUT2D eigenvalue weighted by atomic mass is 10.1. The predicted molar refractivity (Wildman–Crippen MR) is 81.6 cm³/mol. The van der Waals surface area contributed by atoms with Gasteiger partial charge in [-0.25, -0.2) is 0 Å². The third kappa shape index (κ3) is 6.20. The average molecular weight is 339 g/mol. The van der Waals surface area contributed by atoms with Crippen molar-refractivity contribution in [2.75, 3.05) is 6.61 Å². The average Bonchev–Trinajstić information content (AvgIpc) is 2.53. The zero-order valence-corrected chi connectivity index (χ0v) is 12.6. The number of hydrogen-bond acceptors (Lipinski definition) is 3. The molecule has 0 aliphatic rings. The van der Waals surface area contributed by atoms with Crippen LogP contribution < -0.4 is 10.1 Å². The summed E-state index contributed by atoms with van der Waals surface area (Å²) in [5, 5.41) is 11.9. The van der Waals surface area contributed by atoms with E-state index in [2.05, 4.69) is 10.1 Å². The van der Waals surface area contributed by atoms with Crippen LogP contribution in [0.3, 0.4) is 0 Å². The predicted octanol–water partition coefficient (Wildman–Crippen LogP) is 3.19. The minimum absolute atomic E-state index is 0.117. The van der Waals surface area contributed by atoms with E-state index in [9.17, 15) is 23.1 Å². The van der Waals surface area contributed by atoms with E-state index in [1.165, 1.54) is 24.3 Å². The van der Waals surface area contributed by atoms with Crippen molar-refractivity contribution >= 4 is 5.91 Å². The summed E-state index contributed by atoms with van der Waals surface area (Å²) < 4.78 is 40.7. The second-order valence-corrected chi connectivity index (χ2v) is 5.17. The van der Waals surface area contributed by atoms with Gasteiger partial charge in [0.2, 0.25) is 5.91 Å². The lowest BCUT2D eigenvalue weighted by Gasteiger charge is -2.10. The van der Waals surface area contributed by atoms with Gasteiger partial charge in [-0.2, -0.15) is 13.2 Å². The molecule has 0 unspecified atom stereocenters. The first kappa shape index (κ1) is 17.7. The molecule has 2 aromatic rings. The summed E-state index contributed by atoms with van der Waals surface area (Å²) in [7, 11) is 0. The van der Waals surface area contributed by atoms with Crippen LogP contribution in [0, 0.1) is 0 Å². The standard InChI is InChI=1S/C17H16F3NO3/c18-17(19,20)11-24-15-7-3-13(4-8-15)10-21-16(23)9-12-1-5-14(22)6-2-12/h1-8,22H,9-11H2,(H,21,23). The topological polar surface area (TPSA) is 58.6 Å². The van der Waals surface area contributed by atoms with Gasteiger partial charge in [-0.05, 0) is 35.4 Å². The van der Waals surface area contributed by atoms with Gasteiger partial charge in [-0.15, -0.1) is 0 Å². The van der Waals surface area contributed by atoms with Crippen LogP contribution in [0.5, 0.6) is 11.5 Å². The lowest BCUT2D eigenvalue weighted by Crippen LogP contribution is -2.24. The molecule has 0 radical (unpaired) electrons. The molecule has 24 heavy (non-hydrogen) atoms. The molecule has 2 rings (SSSR count). The second-order valence-electron chi connectivity index (χ2n) is 5.17. The number of aromatic hydroxyl groups is 1. The number of benzene rings is 2. The number of alkyl halides is 3. The molecule has 7 heteroatoms. The van der Waals surface area contributed by atoms with Crippen LogP contribution in [0.2, 0.25) is 0 Å². The van der Waals surface area contributed by atoms with Crippen molar-refractivity contribution in [3.05, 3.63) is 59.7 Å². The Balaban J connectivity index is 1.79. The van der Waals surface area contributed by atoms with E-state index in [1.807, 2.05) is 0 Å². The van der Waals surface area contributed by atoms with E-state index in [-0.39, 0.29) is 30.4 Å². The van der Waals surface area contributed by atoms with Crippen LogP contribution in [-0.4, -0.2) is 23.8 Å². The van der Waals surface area contributed by atoms with Crippen LogP contribution in [-0.2, 0) is 17.8 Å².